The molecule has 4 atom stereocenters. The molecular weight excluding hydrogens is 272 g/mol. The molecule has 3 fully saturated rings. The predicted octanol–water partition coefficient (Wildman–Crippen LogP) is 1.46. The van der Waals surface area contributed by atoms with Crippen LogP contribution in [0, 0.1) is 22.7 Å². The van der Waals surface area contributed by atoms with E-state index in [1.54, 1.807) is 0 Å². The molecule has 1 saturated carbocycles. The van der Waals surface area contributed by atoms with Crippen LogP contribution in [0.1, 0.15) is 26.7 Å². The minimum Gasteiger partial charge on any atom is -0.466 e. The molecule has 0 bridgehead atoms. The Kier molecular flexibility index (Phi) is 2.34. The molecule has 0 aromatic heterocycles. The number of allylic oxidation sites excluding steroid dienone is 1. The quantitative estimate of drug-likeness (QED) is 0.541. The second-order valence-electron chi connectivity index (χ2n) is 7.57. The molecule has 5 heteroatoms. The van der Waals surface area contributed by atoms with Gasteiger partial charge < -0.3 is 14.2 Å². The molecule has 0 N–H and O–H groups in total. The van der Waals surface area contributed by atoms with Crippen molar-refractivity contribution in [2.45, 2.75) is 32.3 Å². The topological polar surface area (TPSA) is 65.1 Å². The molecule has 2 aliphatic carbocycles. The van der Waals surface area contributed by atoms with E-state index in [-0.39, 0.29) is 41.2 Å². The van der Waals surface area contributed by atoms with Gasteiger partial charge in [-0.1, -0.05) is 19.9 Å². The number of esters is 2. The van der Waals surface area contributed by atoms with Gasteiger partial charge in [0.1, 0.15) is 0 Å². The fourth-order valence-corrected chi connectivity index (χ4v) is 5.19. The van der Waals surface area contributed by atoms with Gasteiger partial charge in [0.15, 0.2) is 5.60 Å². The van der Waals surface area contributed by atoms with E-state index >= 15 is 0 Å². The molecule has 0 aromatic rings. The number of carbonyl (C=O) groups is 2. The fraction of sp³-hybridized carbons (Fsp3) is 0.750. The lowest BCUT2D eigenvalue weighted by Crippen LogP contribution is -2.56. The van der Waals surface area contributed by atoms with Crippen LogP contribution in [0.5, 0.6) is 0 Å². The van der Waals surface area contributed by atoms with E-state index in [1.165, 1.54) is 7.11 Å². The second kappa shape index (κ2) is 3.69. The fourth-order valence-electron chi connectivity index (χ4n) is 5.19. The van der Waals surface area contributed by atoms with E-state index in [0.29, 0.717) is 12.2 Å². The Bertz CT molecular complexity index is 571. The first-order valence-electron chi connectivity index (χ1n) is 7.47. The lowest BCUT2D eigenvalue weighted by Gasteiger charge is -2.44. The van der Waals surface area contributed by atoms with Gasteiger partial charge in [0.2, 0.25) is 0 Å². The van der Waals surface area contributed by atoms with Gasteiger partial charge in [-0.25, -0.2) is 9.59 Å². The molecule has 2 heterocycles. The molecule has 2 aliphatic heterocycles. The van der Waals surface area contributed by atoms with Gasteiger partial charge in [0.05, 0.1) is 20.3 Å². The zero-order valence-electron chi connectivity index (χ0n) is 12.6. The highest BCUT2D eigenvalue weighted by Gasteiger charge is 2.79. The van der Waals surface area contributed by atoms with E-state index in [1.807, 2.05) is 6.08 Å². The molecule has 4 rings (SSSR count). The normalized spacial score (nSPS) is 45.7. The van der Waals surface area contributed by atoms with Crippen molar-refractivity contribution in [2.75, 3.05) is 20.3 Å². The van der Waals surface area contributed by atoms with Crippen LogP contribution < -0.4 is 0 Å². The average molecular weight is 292 g/mol. The van der Waals surface area contributed by atoms with Gasteiger partial charge in [-0.15, -0.1) is 0 Å². The van der Waals surface area contributed by atoms with Gasteiger partial charge in [0.25, 0.3) is 0 Å². The van der Waals surface area contributed by atoms with Crippen molar-refractivity contribution in [3.63, 3.8) is 0 Å². The highest BCUT2D eigenvalue weighted by molar-refractivity contribution is 5.93. The summed E-state index contributed by atoms with van der Waals surface area (Å²) >= 11 is 0. The summed E-state index contributed by atoms with van der Waals surface area (Å²) in [5, 5.41) is 0. The van der Waals surface area contributed by atoms with Crippen LogP contribution >= 0.6 is 0 Å². The summed E-state index contributed by atoms with van der Waals surface area (Å²) in [6.07, 6.45) is 3.86. The van der Waals surface area contributed by atoms with Crippen molar-refractivity contribution in [1.82, 2.24) is 0 Å². The van der Waals surface area contributed by atoms with Gasteiger partial charge in [-0.2, -0.15) is 0 Å². The monoisotopic (exact) mass is 292 g/mol. The minimum atomic E-state index is -0.833. The highest BCUT2D eigenvalue weighted by atomic mass is 16.6. The third kappa shape index (κ3) is 1.40. The summed E-state index contributed by atoms with van der Waals surface area (Å²) in [5.74, 6) is -0.472. The number of epoxide rings is 1. The lowest BCUT2D eigenvalue weighted by atomic mass is 9.61. The average Bonchev–Trinajstić information content (AvgIpc) is 3.10. The van der Waals surface area contributed by atoms with Crippen molar-refractivity contribution in [1.29, 1.82) is 0 Å². The zero-order valence-corrected chi connectivity index (χ0v) is 12.6. The van der Waals surface area contributed by atoms with E-state index in [4.69, 9.17) is 14.2 Å². The molecule has 114 valence electrons. The Morgan fingerprint density at radius 1 is 1.43 bits per heavy atom. The van der Waals surface area contributed by atoms with Gasteiger partial charge in [-0.3, -0.25) is 0 Å². The SMILES string of the molecule is COC(=O)C1=CC2CC(C)(C)CC23C1COC(=O)C31CO1. The molecule has 5 nitrogen and oxygen atoms in total. The van der Waals surface area contributed by atoms with Crippen molar-refractivity contribution in [3.8, 4) is 0 Å². The predicted molar refractivity (Wildman–Crippen MR) is 72.2 cm³/mol. The Morgan fingerprint density at radius 2 is 2.14 bits per heavy atom. The number of cyclic esters (lactones) is 1. The number of rotatable bonds is 1. The summed E-state index contributed by atoms with van der Waals surface area (Å²) in [7, 11) is 1.39. The number of hydrogen-bond acceptors (Lipinski definition) is 5. The number of ether oxygens (including phenoxy) is 3. The summed E-state index contributed by atoms with van der Waals surface area (Å²) in [5.41, 5.74) is -0.353. The largest absolute Gasteiger partial charge is 0.466 e. The maximum absolute atomic E-state index is 12.3. The van der Waals surface area contributed by atoms with Crippen molar-refractivity contribution < 1.29 is 23.8 Å². The Labute approximate surface area is 123 Å². The highest BCUT2D eigenvalue weighted by Crippen LogP contribution is 2.71. The first-order chi connectivity index (χ1) is 9.86. The molecule has 21 heavy (non-hydrogen) atoms. The summed E-state index contributed by atoms with van der Waals surface area (Å²) in [4.78, 5) is 24.4. The Balaban J connectivity index is 1.85. The van der Waals surface area contributed by atoms with E-state index in [9.17, 15) is 9.59 Å². The first kappa shape index (κ1) is 13.3. The Morgan fingerprint density at radius 3 is 2.76 bits per heavy atom. The van der Waals surface area contributed by atoms with Crippen LogP contribution in [-0.2, 0) is 23.8 Å². The summed E-state index contributed by atoms with van der Waals surface area (Å²) < 4.78 is 15.9. The second-order valence-corrected chi connectivity index (χ2v) is 7.57. The molecule has 2 saturated heterocycles. The number of carbonyl (C=O) groups excluding carboxylic acids is 2. The molecule has 0 amide bonds. The maximum Gasteiger partial charge on any atom is 0.341 e. The van der Waals surface area contributed by atoms with Crippen molar-refractivity contribution in [3.05, 3.63) is 11.6 Å². The molecule has 0 radical (unpaired) electrons. The van der Waals surface area contributed by atoms with Crippen molar-refractivity contribution in [2.24, 2.45) is 22.7 Å². The first-order valence-corrected chi connectivity index (χ1v) is 7.47. The molecular formula is C16H20O5. The van der Waals surface area contributed by atoms with Gasteiger partial charge >= 0.3 is 11.9 Å². The van der Waals surface area contributed by atoms with Crippen molar-refractivity contribution >= 4 is 11.9 Å². The van der Waals surface area contributed by atoms with Crippen LogP contribution in [0.4, 0.5) is 0 Å². The third-order valence-electron chi connectivity index (χ3n) is 5.90. The minimum absolute atomic E-state index is 0.100. The van der Waals surface area contributed by atoms with Crippen LogP contribution in [0.2, 0.25) is 0 Å². The molecule has 0 aromatic carbocycles. The summed E-state index contributed by atoms with van der Waals surface area (Å²) in [6.45, 7) is 5.12. The van der Waals surface area contributed by atoms with E-state index in [0.717, 1.165) is 12.8 Å². The molecule has 2 spiro atoms. The number of methoxy groups -OCH3 is 1. The van der Waals surface area contributed by atoms with Crippen LogP contribution in [0.15, 0.2) is 11.6 Å². The van der Waals surface area contributed by atoms with E-state index < -0.39 is 5.60 Å². The zero-order chi connectivity index (χ0) is 15.0. The molecule has 4 aliphatic rings. The summed E-state index contributed by atoms with van der Waals surface area (Å²) in [6, 6.07) is 0. The van der Waals surface area contributed by atoms with Crippen LogP contribution in [0.3, 0.4) is 0 Å². The maximum atomic E-state index is 12.3. The van der Waals surface area contributed by atoms with E-state index in [2.05, 4.69) is 13.8 Å². The smallest absolute Gasteiger partial charge is 0.341 e. The standard InChI is InChI=1S/C16H20O5/c1-14(2)5-9-4-10(12(17)19-3)11-6-20-13(18)16(8-21-16)15(9,11)7-14/h4,9,11H,5-8H2,1-3H3. The van der Waals surface area contributed by atoms with Gasteiger partial charge in [-0.05, 0) is 24.2 Å². The van der Waals surface area contributed by atoms with Gasteiger partial charge in [0, 0.05) is 16.9 Å². The number of hydrogen-bond donors (Lipinski definition) is 0. The Hall–Kier alpha value is -1.36. The van der Waals surface area contributed by atoms with Crippen LogP contribution in [0.25, 0.3) is 0 Å². The third-order valence-corrected chi connectivity index (χ3v) is 5.90. The van der Waals surface area contributed by atoms with Crippen LogP contribution in [-0.4, -0.2) is 37.9 Å². The lowest BCUT2D eigenvalue weighted by molar-refractivity contribution is -0.174. The molecule has 4 unspecified atom stereocenters.